The molecular weight excluding hydrogens is 306 g/mol. The van der Waals surface area contributed by atoms with Gasteiger partial charge in [-0.1, -0.05) is 12.1 Å². The molecule has 0 saturated carbocycles. The van der Waals surface area contributed by atoms with Crippen LogP contribution in [0.3, 0.4) is 0 Å². The first-order valence-electron chi connectivity index (χ1n) is 6.61. The zero-order chi connectivity index (χ0) is 15.9. The van der Waals surface area contributed by atoms with Crippen molar-refractivity contribution < 1.29 is 17.6 Å². The summed E-state index contributed by atoms with van der Waals surface area (Å²) in [4.78, 5) is 13.6. The number of nitrogens with two attached hydrogens (primary N) is 1. The number of anilines is 1. The van der Waals surface area contributed by atoms with Crippen molar-refractivity contribution in [2.45, 2.75) is 6.42 Å². The van der Waals surface area contributed by atoms with Gasteiger partial charge in [-0.15, -0.1) is 0 Å². The Labute approximate surface area is 127 Å². The van der Waals surface area contributed by atoms with Gasteiger partial charge in [0.25, 0.3) is 0 Å². The highest BCUT2D eigenvalue weighted by molar-refractivity contribution is 7.89. The minimum absolute atomic E-state index is 0.0470. The molecule has 0 bridgehead atoms. The summed E-state index contributed by atoms with van der Waals surface area (Å²) in [5.41, 5.74) is 0.914. The summed E-state index contributed by atoms with van der Waals surface area (Å²) in [7, 11) is -3.65. The fraction of sp³-hybridized carbons (Fsp3) is 0.286. The van der Waals surface area contributed by atoms with E-state index in [4.69, 9.17) is 9.56 Å². The van der Waals surface area contributed by atoms with E-state index in [1.165, 1.54) is 4.90 Å². The molecule has 1 fully saturated rings. The summed E-state index contributed by atoms with van der Waals surface area (Å²) in [6.45, 7) is 0.202. The first-order chi connectivity index (χ1) is 10.4. The van der Waals surface area contributed by atoms with Crippen molar-refractivity contribution in [1.29, 1.82) is 5.26 Å². The number of hydrogen-bond acceptors (Lipinski definition) is 5. The third-order valence-electron chi connectivity index (χ3n) is 3.61. The fourth-order valence-corrected chi connectivity index (χ4v) is 3.69. The molecule has 2 aromatic rings. The highest BCUT2D eigenvalue weighted by atomic mass is 32.2. The fourth-order valence-electron chi connectivity index (χ4n) is 2.81. The third-order valence-corrected chi connectivity index (χ3v) is 4.55. The largest absolute Gasteiger partial charge is 0.443 e. The average Bonchev–Trinajstić information content (AvgIpc) is 2.96. The van der Waals surface area contributed by atoms with Gasteiger partial charge in [0.05, 0.1) is 5.75 Å². The Balaban J connectivity index is 2.01. The lowest BCUT2D eigenvalue weighted by Gasteiger charge is -2.15. The summed E-state index contributed by atoms with van der Waals surface area (Å²) in [5.74, 6) is -0.836. The number of furan rings is 1. The molecule has 1 aromatic carbocycles. The Morgan fingerprint density at radius 3 is 2.82 bits per heavy atom. The van der Waals surface area contributed by atoms with Crippen LogP contribution in [0.15, 0.2) is 28.7 Å². The van der Waals surface area contributed by atoms with Gasteiger partial charge in [0.15, 0.2) is 0 Å². The van der Waals surface area contributed by atoms with Crippen LogP contribution in [0, 0.1) is 17.2 Å². The van der Waals surface area contributed by atoms with Gasteiger partial charge in [-0.3, -0.25) is 4.79 Å². The van der Waals surface area contributed by atoms with E-state index < -0.39 is 10.0 Å². The van der Waals surface area contributed by atoms with E-state index in [0.29, 0.717) is 16.7 Å². The quantitative estimate of drug-likeness (QED) is 0.903. The van der Waals surface area contributed by atoms with Gasteiger partial charge in [-0.2, -0.15) is 5.26 Å². The van der Waals surface area contributed by atoms with Crippen LogP contribution in [0.2, 0.25) is 0 Å². The Kier molecular flexibility index (Phi) is 3.39. The van der Waals surface area contributed by atoms with Crippen LogP contribution in [-0.2, 0) is 14.8 Å². The average molecular weight is 319 g/mol. The normalized spacial score (nSPS) is 18.8. The van der Waals surface area contributed by atoms with Crippen molar-refractivity contribution in [3.63, 3.8) is 0 Å². The van der Waals surface area contributed by atoms with Gasteiger partial charge in [0.1, 0.15) is 17.3 Å². The lowest BCUT2D eigenvalue weighted by Crippen LogP contribution is -2.27. The number of amides is 1. The molecule has 0 aliphatic carbocycles. The Bertz CT molecular complexity index is 894. The Morgan fingerprint density at radius 2 is 2.14 bits per heavy atom. The van der Waals surface area contributed by atoms with Gasteiger partial charge in [0.2, 0.25) is 21.7 Å². The Morgan fingerprint density at radius 1 is 1.41 bits per heavy atom. The van der Waals surface area contributed by atoms with E-state index in [9.17, 15) is 18.5 Å². The van der Waals surface area contributed by atoms with E-state index in [0.717, 1.165) is 0 Å². The zero-order valence-electron chi connectivity index (χ0n) is 11.5. The molecule has 2 N–H and O–H groups in total. The maximum Gasteiger partial charge on any atom is 0.228 e. The molecule has 114 valence electrons. The van der Waals surface area contributed by atoms with Crippen LogP contribution in [0.25, 0.3) is 11.0 Å². The molecule has 1 unspecified atom stereocenters. The predicted octanol–water partition coefficient (Wildman–Crippen LogP) is 0.946. The molecule has 1 aromatic heterocycles. The van der Waals surface area contributed by atoms with Gasteiger partial charge in [-0.05, 0) is 12.1 Å². The standard InChI is InChI=1S/C14H13N3O4S/c15-6-12-14(10-3-1-2-4-11(10)21-12)17-7-9(5-13(17)18)8-22(16,19)20/h1-4,9H,5,7-8H2,(H2,16,19,20). The number of para-hydroxylation sites is 1. The highest BCUT2D eigenvalue weighted by Crippen LogP contribution is 2.36. The smallest absolute Gasteiger partial charge is 0.228 e. The monoisotopic (exact) mass is 319 g/mol. The van der Waals surface area contributed by atoms with Gasteiger partial charge in [-0.25, -0.2) is 13.6 Å². The number of rotatable bonds is 3. The van der Waals surface area contributed by atoms with Gasteiger partial charge < -0.3 is 9.32 Å². The molecule has 0 radical (unpaired) electrons. The number of hydrogen-bond donors (Lipinski definition) is 1. The van der Waals surface area contributed by atoms with E-state index >= 15 is 0 Å². The van der Waals surface area contributed by atoms with Crippen LogP contribution in [0.5, 0.6) is 0 Å². The number of carbonyl (C=O) groups is 1. The number of fused-ring (bicyclic) bond motifs is 1. The van der Waals surface area contributed by atoms with Crippen molar-refractivity contribution in [2.75, 3.05) is 17.2 Å². The number of primary sulfonamides is 1. The van der Waals surface area contributed by atoms with Gasteiger partial charge in [0, 0.05) is 24.3 Å². The molecule has 1 aliphatic rings. The summed E-state index contributed by atoms with van der Waals surface area (Å²) >= 11 is 0. The third kappa shape index (κ3) is 2.56. The molecule has 1 aliphatic heterocycles. The summed E-state index contributed by atoms with van der Waals surface area (Å²) in [5, 5.41) is 14.9. The number of benzene rings is 1. The molecule has 2 heterocycles. The lowest BCUT2D eigenvalue weighted by atomic mass is 10.1. The van der Waals surface area contributed by atoms with Crippen LogP contribution >= 0.6 is 0 Å². The summed E-state index contributed by atoms with van der Waals surface area (Å²) < 4.78 is 27.8. The number of sulfonamides is 1. The van der Waals surface area contributed by atoms with Crippen molar-refractivity contribution in [3.8, 4) is 6.07 Å². The first-order valence-corrected chi connectivity index (χ1v) is 8.33. The van der Waals surface area contributed by atoms with Crippen LogP contribution in [-0.4, -0.2) is 26.6 Å². The van der Waals surface area contributed by atoms with Crippen molar-refractivity contribution in [2.24, 2.45) is 11.1 Å². The first kappa shape index (κ1) is 14.6. The maximum absolute atomic E-state index is 12.2. The molecule has 1 amide bonds. The van der Waals surface area contributed by atoms with Crippen LogP contribution in [0.4, 0.5) is 5.69 Å². The van der Waals surface area contributed by atoms with Crippen LogP contribution in [0.1, 0.15) is 12.2 Å². The SMILES string of the molecule is N#Cc1oc2ccccc2c1N1CC(CS(N)(=O)=O)CC1=O. The maximum atomic E-state index is 12.2. The van der Waals surface area contributed by atoms with Crippen molar-refractivity contribution >= 4 is 32.6 Å². The van der Waals surface area contributed by atoms with Crippen molar-refractivity contribution in [3.05, 3.63) is 30.0 Å². The molecule has 22 heavy (non-hydrogen) atoms. The number of nitriles is 1. The topological polar surface area (TPSA) is 117 Å². The zero-order valence-corrected chi connectivity index (χ0v) is 12.3. The molecule has 1 atom stereocenters. The highest BCUT2D eigenvalue weighted by Gasteiger charge is 2.36. The minimum atomic E-state index is -3.65. The van der Waals surface area contributed by atoms with E-state index in [1.807, 2.05) is 6.07 Å². The molecule has 7 nitrogen and oxygen atoms in total. The second kappa shape index (κ2) is 5.12. The lowest BCUT2D eigenvalue weighted by molar-refractivity contribution is -0.117. The number of carbonyl (C=O) groups excluding carboxylic acids is 1. The Hall–Kier alpha value is -2.37. The van der Waals surface area contributed by atoms with E-state index in [2.05, 4.69) is 0 Å². The molecular formula is C14H13N3O4S. The summed E-state index contributed by atoms with van der Waals surface area (Å²) in [6, 6.07) is 8.96. The molecule has 1 saturated heterocycles. The molecule has 0 spiro atoms. The molecule has 3 rings (SSSR count). The van der Waals surface area contributed by atoms with Crippen LogP contribution < -0.4 is 10.0 Å². The van der Waals surface area contributed by atoms with Crippen molar-refractivity contribution in [1.82, 2.24) is 0 Å². The van der Waals surface area contributed by atoms with Gasteiger partial charge >= 0.3 is 0 Å². The van der Waals surface area contributed by atoms with E-state index in [-0.39, 0.29) is 36.3 Å². The second-order valence-corrected chi connectivity index (χ2v) is 6.95. The minimum Gasteiger partial charge on any atom is -0.443 e. The molecule has 8 heteroatoms. The second-order valence-electron chi connectivity index (χ2n) is 5.29. The van der Waals surface area contributed by atoms with E-state index in [1.54, 1.807) is 24.3 Å². The predicted molar refractivity (Wildman–Crippen MR) is 79.4 cm³/mol. The summed E-state index contributed by atoms with van der Waals surface area (Å²) in [6.07, 6.45) is 0.0841. The number of nitrogens with zero attached hydrogens (tertiary/aromatic N) is 2.